The lowest BCUT2D eigenvalue weighted by molar-refractivity contribution is -0.120. The summed E-state index contributed by atoms with van der Waals surface area (Å²) in [6.45, 7) is -1.19. The molecule has 0 saturated carbocycles. The molecule has 0 aliphatic carbocycles. The van der Waals surface area contributed by atoms with Gasteiger partial charge in [0.1, 0.15) is 0 Å². The lowest BCUT2D eigenvalue weighted by atomic mass is 10.2. The van der Waals surface area contributed by atoms with E-state index in [2.05, 4.69) is 10.3 Å². The number of benzene rings is 1. The summed E-state index contributed by atoms with van der Waals surface area (Å²) in [6, 6.07) is 6.11. The molecule has 1 saturated heterocycles. The van der Waals surface area contributed by atoms with Crippen molar-refractivity contribution in [2.75, 3.05) is 11.5 Å². The van der Waals surface area contributed by atoms with Crippen LogP contribution in [0, 0.1) is 0 Å². The molecule has 0 spiro atoms. The van der Waals surface area contributed by atoms with Gasteiger partial charge in [-0.05, 0) is 25.5 Å². The average Bonchev–Trinajstić information content (AvgIpc) is 3.06. The van der Waals surface area contributed by atoms with Crippen LogP contribution < -0.4 is 5.32 Å². The Morgan fingerprint density at radius 2 is 2.12 bits per heavy atom. The standard InChI is InChI=1S/C15H17F2N3O3S2/c1-9(13(21)18-10-6-7-25(22,23)8-10)24-15-19-11-4-2-3-5-12(11)20(15)14(16)17/h2-5,9-10,14H,6-8H2,1H3,(H,18,21)/t9-,10-/m1/s1. The van der Waals surface area contributed by atoms with Crippen molar-refractivity contribution >= 4 is 38.5 Å². The van der Waals surface area contributed by atoms with Crippen LogP contribution in [0.25, 0.3) is 11.0 Å². The van der Waals surface area contributed by atoms with Crippen LogP contribution in [0.3, 0.4) is 0 Å². The van der Waals surface area contributed by atoms with Crippen molar-refractivity contribution in [3.63, 3.8) is 0 Å². The monoisotopic (exact) mass is 389 g/mol. The molecule has 2 aromatic rings. The normalized spacial score (nSPS) is 20.9. The van der Waals surface area contributed by atoms with E-state index < -0.39 is 27.7 Å². The van der Waals surface area contributed by atoms with Crippen molar-refractivity contribution in [3.8, 4) is 0 Å². The molecule has 6 nitrogen and oxygen atoms in total. The third-order valence-electron chi connectivity index (χ3n) is 3.99. The number of carbonyl (C=O) groups excluding carboxylic acids is 1. The smallest absolute Gasteiger partial charge is 0.321 e. The van der Waals surface area contributed by atoms with Gasteiger partial charge in [-0.15, -0.1) is 0 Å². The molecule has 1 aliphatic rings. The first-order valence-electron chi connectivity index (χ1n) is 7.69. The summed E-state index contributed by atoms with van der Waals surface area (Å²) in [5.41, 5.74) is 0.731. The second kappa shape index (κ2) is 6.91. The van der Waals surface area contributed by atoms with Gasteiger partial charge in [-0.2, -0.15) is 8.78 Å². The minimum absolute atomic E-state index is 0.0536. The zero-order valence-electron chi connectivity index (χ0n) is 13.4. The fourth-order valence-electron chi connectivity index (χ4n) is 2.73. The second-order valence-corrected chi connectivity index (χ2v) is 9.44. The lowest BCUT2D eigenvalue weighted by Crippen LogP contribution is -2.40. The molecule has 10 heteroatoms. The zero-order valence-corrected chi connectivity index (χ0v) is 15.0. The van der Waals surface area contributed by atoms with Crippen LogP contribution >= 0.6 is 11.8 Å². The van der Waals surface area contributed by atoms with Gasteiger partial charge in [0, 0.05) is 6.04 Å². The molecule has 1 aromatic heterocycles. The summed E-state index contributed by atoms with van der Waals surface area (Å²) in [4.78, 5) is 16.4. The summed E-state index contributed by atoms with van der Waals surface area (Å²) in [5.74, 6) is -0.410. The minimum atomic E-state index is -3.10. The summed E-state index contributed by atoms with van der Waals surface area (Å²) >= 11 is 0.926. The maximum absolute atomic E-state index is 13.4. The van der Waals surface area contributed by atoms with Crippen LogP contribution in [0.4, 0.5) is 8.78 Å². The van der Waals surface area contributed by atoms with Gasteiger partial charge in [-0.25, -0.2) is 13.4 Å². The fourth-order valence-corrected chi connectivity index (χ4v) is 5.34. The largest absolute Gasteiger partial charge is 0.351 e. The van der Waals surface area contributed by atoms with E-state index in [9.17, 15) is 22.0 Å². The zero-order chi connectivity index (χ0) is 18.2. The van der Waals surface area contributed by atoms with Crippen LogP contribution in [-0.2, 0) is 14.6 Å². The number of sulfone groups is 1. The van der Waals surface area contributed by atoms with Crippen LogP contribution in [0.2, 0.25) is 0 Å². The van der Waals surface area contributed by atoms with Crippen LogP contribution in [0.1, 0.15) is 19.9 Å². The number of halogens is 2. The quantitative estimate of drug-likeness (QED) is 0.793. The molecule has 1 aromatic carbocycles. The van der Waals surface area contributed by atoms with Gasteiger partial charge < -0.3 is 5.32 Å². The van der Waals surface area contributed by atoms with E-state index >= 15 is 0 Å². The number of thioether (sulfide) groups is 1. The molecular formula is C15H17F2N3O3S2. The predicted molar refractivity (Wildman–Crippen MR) is 91.5 cm³/mol. The van der Waals surface area contributed by atoms with Crippen molar-refractivity contribution in [1.29, 1.82) is 0 Å². The molecule has 0 radical (unpaired) electrons. The SMILES string of the molecule is C[C@@H](Sc1nc2ccccc2n1C(F)F)C(=O)N[C@@H]1CCS(=O)(=O)C1. The molecule has 1 amide bonds. The molecule has 2 heterocycles. The summed E-state index contributed by atoms with van der Waals surface area (Å²) in [6.07, 6.45) is 0.376. The van der Waals surface area contributed by atoms with Crippen LogP contribution in [0.5, 0.6) is 0 Å². The molecule has 1 fully saturated rings. The van der Waals surface area contributed by atoms with E-state index in [-0.39, 0.29) is 22.6 Å². The number of rotatable bonds is 5. The van der Waals surface area contributed by atoms with Gasteiger partial charge in [0.15, 0.2) is 15.0 Å². The maximum Gasteiger partial charge on any atom is 0.321 e. The van der Waals surface area contributed by atoms with Gasteiger partial charge in [0.2, 0.25) is 5.91 Å². The summed E-state index contributed by atoms with van der Waals surface area (Å²) in [7, 11) is -3.10. The molecule has 1 aliphatic heterocycles. The molecule has 2 atom stereocenters. The molecule has 3 rings (SSSR count). The van der Waals surface area contributed by atoms with Crippen LogP contribution in [-0.4, -0.2) is 46.7 Å². The number of hydrogen-bond acceptors (Lipinski definition) is 5. The Morgan fingerprint density at radius 1 is 1.40 bits per heavy atom. The highest BCUT2D eigenvalue weighted by Gasteiger charge is 2.31. The lowest BCUT2D eigenvalue weighted by Gasteiger charge is -2.16. The Kier molecular flexibility index (Phi) is 5.01. The second-order valence-electron chi connectivity index (χ2n) is 5.90. The molecule has 136 valence electrons. The molecule has 25 heavy (non-hydrogen) atoms. The molecule has 0 bridgehead atoms. The van der Waals surface area contributed by atoms with Gasteiger partial charge in [-0.1, -0.05) is 23.9 Å². The molecule has 0 unspecified atom stereocenters. The predicted octanol–water partition coefficient (Wildman–Crippen LogP) is 2.22. The topological polar surface area (TPSA) is 81.1 Å². The van der Waals surface area contributed by atoms with E-state index in [4.69, 9.17) is 0 Å². The summed E-state index contributed by atoms with van der Waals surface area (Å²) in [5, 5.41) is 2.04. The van der Waals surface area contributed by atoms with Crippen molar-refractivity contribution < 1.29 is 22.0 Å². The highest BCUT2D eigenvalue weighted by atomic mass is 32.2. The maximum atomic E-state index is 13.4. The van der Waals surface area contributed by atoms with Gasteiger partial charge in [-0.3, -0.25) is 9.36 Å². The Bertz CT molecular complexity index is 899. The Morgan fingerprint density at radius 3 is 2.76 bits per heavy atom. The third kappa shape index (κ3) is 3.95. The first-order chi connectivity index (χ1) is 11.8. The highest BCUT2D eigenvalue weighted by molar-refractivity contribution is 8.00. The van der Waals surface area contributed by atoms with E-state index in [1.165, 1.54) is 0 Å². The Balaban J connectivity index is 1.74. The van der Waals surface area contributed by atoms with Crippen LogP contribution in [0.15, 0.2) is 29.4 Å². The van der Waals surface area contributed by atoms with E-state index in [0.29, 0.717) is 17.5 Å². The fraction of sp³-hybridized carbons (Fsp3) is 0.467. The van der Waals surface area contributed by atoms with Crippen molar-refractivity contribution in [1.82, 2.24) is 14.9 Å². The van der Waals surface area contributed by atoms with E-state index in [0.717, 1.165) is 16.3 Å². The minimum Gasteiger partial charge on any atom is -0.351 e. The van der Waals surface area contributed by atoms with Crippen molar-refractivity contribution in [3.05, 3.63) is 24.3 Å². The number of fused-ring (bicyclic) bond motifs is 1. The average molecular weight is 389 g/mol. The number of nitrogens with zero attached hydrogens (tertiary/aromatic N) is 2. The molecule has 1 N–H and O–H groups in total. The van der Waals surface area contributed by atoms with Gasteiger partial charge in [0.05, 0.1) is 27.8 Å². The molecular weight excluding hydrogens is 372 g/mol. The number of para-hydroxylation sites is 2. The Hall–Kier alpha value is -1.68. The van der Waals surface area contributed by atoms with E-state index in [1.54, 1.807) is 31.2 Å². The number of hydrogen-bond donors (Lipinski definition) is 1. The number of carbonyl (C=O) groups is 1. The number of aromatic nitrogens is 2. The Labute approximate surface area is 147 Å². The summed E-state index contributed by atoms with van der Waals surface area (Å²) < 4.78 is 50.5. The number of nitrogens with one attached hydrogen (secondary N) is 1. The van der Waals surface area contributed by atoms with Gasteiger partial charge in [0.25, 0.3) is 0 Å². The van der Waals surface area contributed by atoms with E-state index in [1.807, 2.05) is 0 Å². The van der Waals surface area contributed by atoms with Crippen molar-refractivity contribution in [2.45, 2.75) is 36.3 Å². The first-order valence-corrected chi connectivity index (χ1v) is 10.4. The van der Waals surface area contributed by atoms with Crippen molar-refractivity contribution in [2.24, 2.45) is 0 Å². The number of imidazole rings is 1. The van der Waals surface area contributed by atoms with Gasteiger partial charge >= 0.3 is 6.55 Å². The first kappa shape index (κ1) is 18.1. The third-order valence-corrected chi connectivity index (χ3v) is 6.82. The number of alkyl halides is 2. The number of amides is 1. The highest BCUT2D eigenvalue weighted by Crippen LogP contribution is 2.31.